The molecule has 1 unspecified atom stereocenters. The maximum Gasteiger partial charge on any atom is 0.258 e. The Bertz CT molecular complexity index is 1440. The molecule has 0 radical (unpaired) electrons. The van der Waals surface area contributed by atoms with Gasteiger partial charge in [0.1, 0.15) is 5.75 Å². The van der Waals surface area contributed by atoms with E-state index in [1.54, 1.807) is 7.11 Å². The topological polar surface area (TPSA) is 85.8 Å². The van der Waals surface area contributed by atoms with Crippen LogP contribution in [0.15, 0.2) is 48.7 Å². The zero-order valence-corrected chi connectivity index (χ0v) is 21.0. The summed E-state index contributed by atoms with van der Waals surface area (Å²) in [6.07, 6.45) is 8.13. The molecule has 186 valence electrons. The molecule has 2 aromatic heterocycles. The maximum atomic E-state index is 14.1. The van der Waals surface area contributed by atoms with E-state index in [1.807, 2.05) is 45.8 Å². The molecule has 1 saturated heterocycles. The lowest BCUT2D eigenvalue weighted by Gasteiger charge is -2.35. The first-order valence-corrected chi connectivity index (χ1v) is 13.0. The summed E-state index contributed by atoms with van der Waals surface area (Å²) in [7, 11) is 1.62. The number of nitrogens with two attached hydrogens (primary N) is 1. The minimum absolute atomic E-state index is 0.00446. The van der Waals surface area contributed by atoms with Crippen molar-refractivity contribution in [2.75, 3.05) is 13.7 Å². The number of ether oxygens (including phenoxy) is 1. The standard InChI is InChI=1S/C29H33N5O2/c1-18-17-34-26(31-28(18)20-10-12-21(30)15-20)16-23(32-34)24-9-5-6-14-33(24)29(35)27-22-8-4-3-7-19(22)11-13-25(27)36-2/h3-4,7-8,11,13,16-17,20-21,24H,5-6,9-10,12,14-15,30H2,1-2H3/t20?,21-,24-/m0/s1. The van der Waals surface area contributed by atoms with Crippen molar-refractivity contribution in [2.45, 2.75) is 63.5 Å². The molecule has 7 heteroatoms. The van der Waals surface area contributed by atoms with Crippen LogP contribution in [0.4, 0.5) is 0 Å². The van der Waals surface area contributed by atoms with Crippen molar-refractivity contribution in [1.29, 1.82) is 0 Å². The summed E-state index contributed by atoms with van der Waals surface area (Å²) in [5.74, 6) is 1.01. The summed E-state index contributed by atoms with van der Waals surface area (Å²) in [4.78, 5) is 21.1. The Morgan fingerprint density at radius 1 is 1.11 bits per heavy atom. The van der Waals surface area contributed by atoms with Gasteiger partial charge in [0, 0.05) is 30.8 Å². The Balaban J connectivity index is 1.38. The summed E-state index contributed by atoms with van der Waals surface area (Å²) in [5.41, 5.74) is 10.8. The van der Waals surface area contributed by atoms with Crippen molar-refractivity contribution in [2.24, 2.45) is 5.73 Å². The fourth-order valence-electron chi connectivity index (χ4n) is 6.15. The number of rotatable bonds is 4. The van der Waals surface area contributed by atoms with Gasteiger partial charge in [0.25, 0.3) is 5.91 Å². The number of carbonyl (C=O) groups is 1. The van der Waals surface area contributed by atoms with Crippen molar-refractivity contribution < 1.29 is 9.53 Å². The molecular weight excluding hydrogens is 450 g/mol. The zero-order chi connectivity index (χ0) is 24.8. The Labute approximate surface area is 211 Å². The van der Waals surface area contributed by atoms with Crippen LogP contribution in [0.1, 0.15) is 77.8 Å². The molecule has 2 N–H and O–H groups in total. The zero-order valence-electron chi connectivity index (χ0n) is 21.0. The van der Waals surface area contributed by atoms with E-state index >= 15 is 0 Å². The van der Waals surface area contributed by atoms with Crippen molar-refractivity contribution in [3.63, 3.8) is 0 Å². The molecule has 7 nitrogen and oxygen atoms in total. The van der Waals surface area contributed by atoms with Crippen LogP contribution >= 0.6 is 0 Å². The molecule has 1 amide bonds. The van der Waals surface area contributed by atoms with E-state index < -0.39 is 0 Å². The minimum Gasteiger partial charge on any atom is -0.496 e. The van der Waals surface area contributed by atoms with E-state index in [-0.39, 0.29) is 18.0 Å². The molecule has 36 heavy (non-hydrogen) atoms. The number of nitrogens with zero attached hydrogens (tertiary/aromatic N) is 4. The van der Waals surface area contributed by atoms with Gasteiger partial charge in [0.05, 0.1) is 30.1 Å². The number of piperidine rings is 1. The minimum atomic E-state index is -0.0970. The molecule has 2 aromatic carbocycles. The highest BCUT2D eigenvalue weighted by molar-refractivity contribution is 6.09. The van der Waals surface area contributed by atoms with Gasteiger partial charge < -0.3 is 15.4 Å². The summed E-state index contributed by atoms with van der Waals surface area (Å²) < 4.78 is 7.52. The molecular formula is C29H33N5O2. The predicted molar refractivity (Wildman–Crippen MR) is 140 cm³/mol. The molecule has 2 aliphatic rings. The first-order valence-electron chi connectivity index (χ1n) is 13.0. The van der Waals surface area contributed by atoms with Gasteiger partial charge in [-0.05, 0) is 67.9 Å². The fraction of sp³-hybridized carbons (Fsp3) is 0.414. The smallest absolute Gasteiger partial charge is 0.258 e. The lowest BCUT2D eigenvalue weighted by atomic mass is 9.96. The Morgan fingerprint density at radius 2 is 1.97 bits per heavy atom. The highest BCUT2D eigenvalue weighted by Gasteiger charge is 2.33. The van der Waals surface area contributed by atoms with Crippen molar-refractivity contribution >= 4 is 22.3 Å². The van der Waals surface area contributed by atoms with Gasteiger partial charge in [-0.25, -0.2) is 9.50 Å². The molecule has 1 aliphatic heterocycles. The number of methoxy groups -OCH3 is 1. The number of aryl methyl sites for hydroxylation is 1. The molecule has 0 spiro atoms. The lowest BCUT2D eigenvalue weighted by Crippen LogP contribution is -2.39. The number of hydrogen-bond acceptors (Lipinski definition) is 5. The number of amides is 1. The average Bonchev–Trinajstić information content (AvgIpc) is 3.52. The van der Waals surface area contributed by atoms with Crippen LogP contribution in [0.25, 0.3) is 16.4 Å². The molecule has 0 bridgehead atoms. The van der Waals surface area contributed by atoms with E-state index in [4.69, 9.17) is 20.6 Å². The van der Waals surface area contributed by atoms with Crippen LogP contribution in [-0.4, -0.2) is 45.1 Å². The van der Waals surface area contributed by atoms with Gasteiger partial charge in [-0.15, -0.1) is 0 Å². The summed E-state index contributed by atoms with van der Waals surface area (Å²) >= 11 is 0. The Morgan fingerprint density at radius 3 is 2.78 bits per heavy atom. The summed E-state index contributed by atoms with van der Waals surface area (Å²) in [6, 6.07) is 14.1. The molecule has 3 heterocycles. The van der Waals surface area contributed by atoms with Crippen molar-refractivity contribution in [3.8, 4) is 5.75 Å². The summed E-state index contributed by atoms with van der Waals surface area (Å²) in [6.45, 7) is 2.80. The van der Waals surface area contributed by atoms with Crippen LogP contribution in [0, 0.1) is 6.92 Å². The molecule has 6 rings (SSSR count). The van der Waals surface area contributed by atoms with Gasteiger partial charge in [0.15, 0.2) is 5.65 Å². The first-order chi connectivity index (χ1) is 17.5. The lowest BCUT2D eigenvalue weighted by molar-refractivity contribution is 0.0604. The van der Waals surface area contributed by atoms with E-state index in [1.165, 1.54) is 0 Å². The number of carbonyl (C=O) groups excluding carboxylic acids is 1. The number of likely N-dealkylation sites (tertiary alicyclic amines) is 1. The SMILES string of the molecule is COc1ccc2ccccc2c1C(=O)N1CCCC[C@H]1c1cc2nc(C3CC[C@H](N)C3)c(C)cn2n1. The van der Waals surface area contributed by atoms with Crippen LogP contribution in [-0.2, 0) is 0 Å². The number of aromatic nitrogens is 3. The quantitative estimate of drug-likeness (QED) is 0.433. The van der Waals surface area contributed by atoms with E-state index in [9.17, 15) is 4.79 Å². The van der Waals surface area contributed by atoms with Gasteiger partial charge >= 0.3 is 0 Å². The van der Waals surface area contributed by atoms with E-state index in [2.05, 4.69) is 19.2 Å². The molecule has 2 fully saturated rings. The second-order valence-electron chi connectivity index (χ2n) is 10.3. The molecule has 1 saturated carbocycles. The van der Waals surface area contributed by atoms with Crippen LogP contribution in [0.5, 0.6) is 5.75 Å². The monoisotopic (exact) mass is 483 g/mol. The van der Waals surface area contributed by atoms with Crippen LogP contribution in [0.3, 0.4) is 0 Å². The highest BCUT2D eigenvalue weighted by atomic mass is 16.5. The second kappa shape index (κ2) is 9.21. The molecule has 1 aliphatic carbocycles. The Hall–Kier alpha value is -3.45. The molecule has 4 aromatic rings. The highest BCUT2D eigenvalue weighted by Crippen LogP contribution is 2.37. The third kappa shape index (κ3) is 3.91. The maximum absolute atomic E-state index is 14.1. The van der Waals surface area contributed by atoms with Crippen LogP contribution in [0.2, 0.25) is 0 Å². The van der Waals surface area contributed by atoms with E-state index in [0.717, 1.165) is 71.9 Å². The average molecular weight is 484 g/mol. The van der Waals surface area contributed by atoms with Crippen molar-refractivity contribution in [1.82, 2.24) is 19.5 Å². The third-order valence-electron chi connectivity index (χ3n) is 7.98. The second-order valence-corrected chi connectivity index (χ2v) is 10.3. The largest absolute Gasteiger partial charge is 0.496 e. The first kappa shape index (κ1) is 23.0. The molecule has 3 atom stereocenters. The number of hydrogen-bond donors (Lipinski definition) is 1. The van der Waals surface area contributed by atoms with Gasteiger partial charge in [-0.2, -0.15) is 5.10 Å². The van der Waals surface area contributed by atoms with E-state index in [0.29, 0.717) is 23.8 Å². The Kier molecular flexibility index (Phi) is 5.88. The van der Waals surface area contributed by atoms with Gasteiger partial charge in [-0.3, -0.25) is 4.79 Å². The van der Waals surface area contributed by atoms with Gasteiger partial charge in [0.2, 0.25) is 0 Å². The normalized spacial score (nSPS) is 22.4. The number of fused-ring (bicyclic) bond motifs is 2. The van der Waals surface area contributed by atoms with Crippen LogP contribution < -0.4 is 10.5 Å². The van der Waals surface area contributed by atoms with Crippen molar-refractivity contribution in [3.05, 3.63) is 71.2 Å². The fourth-order valence-corrected chi connectivity index (χ4v) is 6.15. The predicted octanol–water partition coefficient (Wildman–Crippen LogP) is 5.16. The third-order valence-corrected chi connectivity index (χ3v) is 7.98. The summed E-state index contributed by atoms with van der Waals surface area (Å²) in [5, 5.41) is 6.86. The number of benzene rings is 2. The van der Waals surface area contributed by atoms with Gasteiger partial charge in [-0.1, -0.05) is 30.3 Å².